The number of fused-ring (bicyclic) bond motifs is 4. The Morgan fingerprint density at radius 2 is 1.93 bits per heavy atom. The van der Waals surface area contributed by atoms with E-state index in [9.17, 15) is 22.8 Å². The second-order valence-corrected chi connectivity index (χ2v) is 7.38. The van der Waals surface area contributed by atoms with E-state index >= 15 is 0 Å². The maximum Gasteiger partial charge on any atom is 0.471 e. The van der Waals surface area contributed by atoms with Crippen LogP contribution >= 0.6 is 15.9 Å². The van der Waals surface area contributed by atoms with Crippen LogP contribution in [-0.2, 0) is 21.5 Å². The molecule has 0 fully saturated rings. The van der Waals surface area contributed by atoms with Crippen molar-refractivity contribution in [3.05, 3.63) is 46.0 Å². The molecule has 0 bridgehead atoms. The molecule has 27 heavy (non-hydrogen) atoms. The minimum absolute atomic E-state index is 0.00807. The summed E-state index contributed by atoms with van der Waals surface area (Å²) in [4.78, 5) is 24.3. The molecule has 9 heteroatoms. The van der Waals surface area contributed by atoms with Gasteiger partial charge in [0.2, 0.25) is 6.79 Å². The van der Waals surface area contributed by atoms with E-state index in [1.54, 1.807) is 18.2 Å². The lowest BCUT2D eigenvalue weighted by Gasteiger charge is -2.30. The summed E-state index contributed by atoms with van der Waals surface area (Å²) in [5.41, 5.74) is 0.241. The van der Waals surface area contributed by atoms with Gasteiger partial charge in [0.15, 0.2) is 17.3 Å². The predicted molar refractivity (Wildman–Crippen MR) is 91.3 cm³/mol. The number of ether oxygens (including phenoxy) is 2. The zero-order chi connectivity index (χ0) is 19.4. The van der Waals surface area contributed by atoms with Crippen molar-refractivity contribution in [1.29, 1.82) is 0 Å². The molecule has 1 aromatic rings. The molecule has 0 unspecified atom stereocenters. The Kier molecular flexibility index (Phi) is 4.10. The van der Waals surface area contributed by atoms with Crippen LogP contribution in [0.15, 0.2) is 34.8 Å². The van der Waals surface area contributed by atoms with Gasteiger partial charge in [-0.1, -0.05) is 28.1 Å². The van der Waals surface area contributed by atoms with E-state index in [-0.39, 0.29) is 32.1 Å². The van der Waals surface area contributed by atoms with Gasteiger partial charge in [-0.05, 0) is 30.2 Å². The Balaban J connectivity index is 1.90. The number of benzene rings is 1. The van der Waals surface area contributed by atoms with Crippen molar-refractivity contribution < 1.29 is 32.2 Å². The summed E-state index contributed by atoms with van der Waals surface area (Å²) in [7, 11) is 0. The first-order chi connectivity index (χ1) is 12.7. The van der Waals surface area contributed by atoms with Crippen LogP contribution in [0.5, 0.6) is 11.5 Å². The molecule has 3 aliphatic rings. The van der Waals surface area contributed by atoms with E-state index in [4.69, 9.17) is 9.47 Å². The molecular weight excluding hydrogens is 431 g/mol. The number of halogens is 4. The van der Waals surface area contributed by atoms with Crippen molar-refractivity contribution in [3.8, 4) is 11.5 Å². The molecule has 4 rings (SSSR count). The molecule has 1 aromatic carbocycles. The first kappa shape index (κ1) is 18.1. The van der Waals surface area contributed by atoms with E-state index in [1.165, 1.54) is 12.2 Å². The third-order valence-electron chi connectivity index (χ3n) is 4.95. The summed E-state index contributed by atoms with van der Waals surface area (Å²) < 4.78 is 50.6. The fourth-order valence-corrected chi connectivity index (χ4v) is 4.20. The number of nitrogens with zero attached hydrogens (tertiary/aromatic N) is 1. The molecule has 0 saturated heterocycles. The standard InChI is InChI=1S/C18H13BrF3NO4/c19-12-7-13-15(27-9-26-13)14-11(12)8-23(16(25)18(20,21)22)6-5-17(14)3-1-10(24)2-4-17/h1-4,7H,5-6,8-9H2. The average molecular weight is 444 g/mol. The third-order valence-corrected chi connectivity index (χ3v) is 5.65. The second-order valence-electron chi connectivity index (χ2n) is 6.53. The van der Waals surface area contributed by atoms with E-state index in [1.807, 2.05) is 0 Å². The smallest absolute Gasteiger partial charge is 0.454 e. The minimum atomic E-state index is -4.96. The van der Waals surface area contributed by atoms with Gasteiger partial charge in [-0.2, -0.15) is 13.2 Å². The highest BCUT2D eigenvalue weighted by atomic mass is 79.9. The maximum atomic E-state index is 13.0. The molecule has 0 aromatic heterocycles. The fourth-order valence-electron chi connectivity index (χ4n) is 3.67. The number of amides is 1. The molecule has 0 N–H and O–H groups in total. The summed E-state index contributed by atoms with van der Waals surface area (Å²) in [6, 6.07) is 1.62. The number of carbonyl (C=O) groups is 2. The molecule has 0 atom stereocenters. The van der Waals surface area contributed by atoms with Crippen LogP contribution in [0.4, 0.5) is 13.2 Å². The normalized spacial score (nSPS) is 20.0. The Morgan fingerprint density at radius 3 is 2.59 bits per heavy atom. The molecule has 142 valence electrons. The van der Waals surface area contributed by atoms with Crippen LogP contribution in [0.1, 0.15) is 17.5 Å². The van der Waals surface area contributed by atoms with E-state index < -0.39 is 17.5 Å². The Morgan fingerprint density at radius 1 is 1.22 bits per heavy atom. The SMILES string of the molecule is O=C1C=CC2(C=C1)CCN(C(=O)C(F)(F)F)Cc1c(Br)cc3c(c12)OCO3. The molecular formula is C18H13BrF3NO4. The summed E-state index contributed by atoms with van der Waals surface area (Å²) in [5.74, 6) is -1.21. The Hall–Kier alpha value is -2.29. The molecule has 1 aliphatic carbocycles. The van der Waals surface area contributed by atoms with Crippen molar-refractivity contribution in [1.82, 2.24) is 4.90 Å². The quantitative estimate of drug-likeness (QED) is 0.616. The zero-order valence-electron chi connectivity index (χ0n) is 13.8. The van der Waals surface area contributed by atoms with Crippen LogP contribution in [0.3, 0.4) is 0 Å². The maximum absolute atomic E-state index is 13.0. The van der Waals surface area contributed by atoms with Crippen molar-refractivity contribution in [2.24, 2.45) is 0 Å². The van der Waals surface area contributed by atoms with Crippen LogP contribution in [0.25, 0.3) is 0 Å². The van der Waals surface area contributed by atoms with Gasteiger partial charge in [0.05, 0.1) is 0 Å². The number of alkyl halides is 3. The number of carbonyl (C=O) groups excluding carboxylic acids is 2. The zero-order valence-corrected chi connectivity index (χ0v) is 15.4. The predicted octanol–water partition coefficient (Wildman–Crippen LogP) is 3.41. The molecule has 1 spiro atoms. The minimum Gasteiger partial charge on any atom is -0.454 e. The lowest BCUT2D eigenvalue weighted by Crippen LogP contribution is -2.41. The van der Waals surface area contributed by atoms with Crippen LogP contribution in [0.2, 0.25) is 0 Å². The number of hydrogen-bond donors (Lipinski definition) is 0. The molecule has 0 radical (unpaired) electrons. The van der Waals surface area contributed by atoms with Crippen molar-refractivity contribution in [3.63, 3.8) is 0 Å². The molecule has 2 heterocycles. The average Bonchev–Trinajstić information content (AvgIpc) is 2.99. The Labute approximate surface area is 160 Å². The van der Waals surface area contributed by atoms with Crippen molar-refractivity contribution in [2.45, 2.75) is 24.6 Å². The highest BCUT2D eigenvalue weighted by molar-refractivity contribution is 9.10. The molecule has 5 nitrogen and oxygen atoms in total. The second kappa shape index (κ2) is 6.12. The fraction of sp³-hybridized carbons (Fsp3) is 0.333. The molecule has 1 amide bonds. The highest BCUT2D eigenvalue weighted by Gasteiger charge is 2.46. The lowest BCUT2D eigenvalue weighted by molar-refractivity contribution is -0.186. The van der Waals surface area contributed by atoms with Gasteiger partial charge in [0, 0.05) is 28.5 Å². The van der Waals surface area contributed by atoms with Gasteiger partial charge in [-0.15, -0.1) is 0 Å². The number of rotatable bonds is 0. The third kappa shape index (κ3) is 2.93. The van der Waals surface area contributed by atoms with Crippen LogP contribution in [-0.4, -0.2) is 36.1 Å². The van der Waals surface area contributed by atoms with Gasteiger partial charge in [0.25, 0.3) is 0 Å². The summed E-state index contributed by atoms with van der Waals surface area (Å²) in [6.07, 6.45) is 1.29. The van der Waals surface area contributed by atoms with Gasteiger partial charge >= 0.3 is 12.1 Å². The topological polar surface area (TPSA) is 55.8 Å². The first-order valence-electron chi connectivity index (χ1n) is 8.11. The highest BCUT2D eigenvalue weighted by Crippen LogP contribution is 2.51. The Bertz CT molecular complexity index is 891. The number of hydrogen-bond acceptors (Lipinski definition) is 4. The van der Waals surface area contributed by atoms with E-state index in [0.29, 0.717) is 27.1 Å². The van der Waals surface area contributed by atoms with E-state index in [0.717, 1.165) is 4.90 Å². The number of ketones is 1. The lowest BCUT2D eigenvalue weighted by atomic mass is 9.73. The molecule has 0 saturated carbocycles. The van der Waals surface area contributed by atoms with E-state index in [2.05, 4.69) is 15.9 Å². The van der Waals surface area contributed by atoms with Gasteiger partial charge < -0.3 is 14.4 Å². The van der Waals surface area contributed by atoms with Crippen LogP contribution < -0.4 is 9.47 Å². The van der Waals surface area contributed by atoms with Gasteiger partial charge in [0.1, 0.15) is 0 Å². The number of allylic oxidation sites excluding steroid dienone is 4. The summed E-state index contributed by atoms with van der Waals surface area (Å²) in [6.45, 7) is -0.369. The first-order valence-corrected chi connectivity index (χ1v) is 8.90. The van der Waals surface area contributed by atoms with Crippen molar-refractivity contribution in [2.75, 3.05) is 13.3 Å². The molecule has 2 aliphatic heterocycles. The largest absolute Gasteiger partial charge is 0.471 e. The van der Waals surface area contributed by atoms with Gasteiger partial charge in [-0.3, -0.25) is 9.59 Å². The monoisotopic (exact) mass is 443 g/mol. The summed E-state index contributed by atoms with van der Waals surface area (Å²) in [5, 5.41) is 0. The van der Waals surface area contributed by atoms with Gasteiger partial charge in [-0.25, -0.2) is 0 Å². The summed E-state index contributed by atoms with van der Waals surface area (Å²) >= 11 is 3.39. The van der Waals surface area contributed by atoms with Crippen molar-refractivity contribution >= 4 is 27.6 Å². The van der Waals surface area contributed by atoms with Crippen LogP contribution in [0, 0.1) is 0 Å².